The number of nitriles is 1. The van der Waals surface area contributed by atoms with Gasteiger partial charge in [-0.1, -0.05) is 12.1 Å². The second-order valence-corrected chi connectivity index (χ2v) is 6.15. The van der Waals surface area contributed by atoms with E-state index in [-0.39, 0.29) is 30.9 Å². The molecule has 2 amide bonds. The standard InChI is InChI=1S/C20H19N3O4/c1-13-9-19(24)22-15-5-3-4-6-16(15)23(13)20(25)12-27-17-8-7-14(11-21)10-18(17)26-2/h3-8,10,13H,9,12H2,1-2H3,(H,22,24)/t13-/m1/s1. The number of anilines is 2. The third kappa shape index (κ3) is 3.85. The average molecular weight is 365 g/mol. The van der Waals surface area contributed by atoms with Crippen LogP contribution in [0, 0.1) is 11.3 Å². The van der Waals surface area contributed by atoms with Gasteiger partial charge in [0.2, 0.25) is 5.91 Å². The number of amides is 2. The van der Waals surface area contributed by atoms with Crippen molar-refractivity contribution in [3.8, 4) is 17.6 Å². The minimum atomic E-state index is -0.312. The van der Waals surface area contributed by atoms with Crippen molar-refractivity contribution in [3.63, 3.8) is 0 Å². The molecule has 1 aliphatic heterocycles. The third-order valence-corrected chi connectivity index (χ3v) is 4.27. The lowest BCUT2D eigenvalue weighted by Gasteiger charge is -2.27. The number of carbonyl (C=O) groups is 2. The molecular weight excluding hydrogens is 346 g/mol. The molecule has 0 saturated carbocycles. The molecule has 3 rings (SSSR count). The van der Waals surface area contributed by atoms with Crippen LogP contribution in [-0.4, -0.2) is 31.6 Å². The SMILES string of the molecule is COc1cc(C#N)ccc1OCC(=O)N1c2ccccc2NC(=O)C[C@H]1C. The summed E-state index contributed by atoms with van der Waals surface area (Å²) in [5.41, 5.74) is 1.66. The fraction of sp³-hybridized carbons (Fsp3) is 0.250. The van der Waals surface area contributed by atoms with E-state index in [9.17, 15) is 9.59 Å². The van der Waals surface area contributed by atoms with E-state index < -0.39 is 0 Å². The van der Waals surface area contributed by atoms with E-state index in [1.54, 1.807) is 41.3 Å². The zero-order valence-corrected chi connectivity index (χ0v) is 15.1. The normalized spacial score (nSPS) is 15.8. The van der Waals surface area contributed by atoms with Crippen LogP contribution in [0.2, 0.25) is 0 Å². The summed E-state index contributed by atoms with van der Waals surface area (Å²) in [6.45, 7) is 1.59. The van der Waals surface area contributed by atoms with Gasteiger partial charge in [0.1, 0.15) is 0 Å². The van der Waals surface area contributed by atoms with Crippen LogP contribution in [0.3, 0.4) is 0 Å². The largest absolute Gasteiger partial charge is 0.493 e. The number of hydrogen-bond donors (Lipinski definition) is 1. The van der Waals surface area contributed by atoms with Gasteiger partial charge in [-0.2, -0.15) is 5.26 Å². The first kappa shape index (κ1) is 18.3. The van der Waals surface area contributed by atoms with Gasteiger partial charge in [0, 0.05) is 18.5 Å². The first-order valence-electron chi connectivity index (χ1n) is 8.45. The van der Waals surface area contributed by atoms with Crippen molar-refractivity contribution in [1.29, 1.82) is 5.26 Å². The topological polar surface area (TPSA) is 91.7 Å². The fourth-order valence-corrected chi connectivity index (χ4v) is 3.03. The van der Waals surface area contributed by atoms with Crippen LogP contribution in [0.4, 0.5) is 11.4 Å². The molecule has 0 bridgehead atoms. The van der Waals surface area contributed by atoms with Crippen molar-refractivity contribution < 1.29 is 19.1 Å². The van der Waals surface area contributed by atoms with E-state index in [1.807, 2.05) is 19.1 Å². The summed E-state index contributed by atoms with van der Waals surface area (Å²) in [6.07, 6.45) is 0.195. The third-order valence-electron chi connectivity index (χ3n) is 4.27. The minimum absolute atomic E-state index is 0.139. The molecule has 1 heterocycles. The lowest BCUT2D eigenvalue weighted by Crippen LogP contribution is -2.41. The molecule has 1 N–H and O–H groups in total. The summed E-state index contributed by atoms with van der Waals surface area (Å²) in [5.74, 6) is 0.329. The van der Waals surface area contributed by atoms with Gasteiger partial charge in [0.15, 0.2) is 18.1 Å². The van der Waals surface area contributed by atoms with E-state index in [2.05, 4.69) is 5.32 Å². The smallest absolute Gasteiger partial charge is 0.265 e. The summed E-state index contributed by atoms with van der Waals surface area (Å²) >= 11 is 0. The van der Waals surface area contributed by atoms with E-state index in [4.69, 9.17) is 14.7 Å². The van der Waals surface area contributed by atoms with E-state index in [1.165, 1.54) is 7.11 Å². The van der Waals surface area contributed by atoms with Crippen molar-refractivity contribution in [1.82, 2.24) is 0 Å². The lowest BCUT2D eigenvalue weighted by molar-refractivity contribution is -0.121. The lowest BCUT2D eigenvalue weighted by atomic mass is 10.1. The molecule has 7 heteroatoms. The van der Waals surface area contributed by atoms with Gasteiger partial charge in [-0.15, -0.1) is 0 Å². The first-order chi connectivity index (χ1) is 13.0. The number of carbonyl (C=O) groups excluding carboxylic acids is 2. The van der Waals surface area contributed by atoms with Crippen LogP contribution in [0.5, 0.6) is 11.5 Å². The number of ether oxygens (including phenoxy) is 2. The predicted molar refractivity (Wildman–Crippen MR) is 99.8 cm³/mol. The monoisotopic (exact) mass is 365 g/mol. The van der Waals surface area contributed by atoms with Gasteiger partial charge < -0.3 is 19.7 Å². The summed E-state index contributed by atoms with van der Waals surface area (Å²) in [6, 6.07) is 13.6. The van der Waals surface area contributed by atoms with Crippen LogP contribution in [-0.2, 0) is 9.59 Å². The van der Waals surface area contributed by atoms with E-state index >= 15 is 0 Å². The predicted octanol–water partition coefficient (Wildman–Crippen LogP) is 2.71. The Bertz CT molecular complexity index is 920. The summed E-state index contributed by atoms with van der Waals surface area (Å²) in [4.78, 5) is 26.5. The molecule has 0 aromatic heterocycles. The van der Waals surface area contributed by atoms with Crippen molar-refractivity contribution in [2.24, 2.45) is 0 Å². The molecule has 0 saturated heterocycles. The summed E-state index contributed by atoms with van der Waals surface area (Å²) in [5, 5.41) is 11.8. The highest BCUT2D eigenvalue weighted by Gasteiger charge is 2.29. The Morgan fingerprint density at radius 2 is 2.07 bits per heavy atom. The second-order valence-electron chi connectivity index (χ2n) is 6.15. The van der Waals surface area contributed by atoms with Crippen LogP contribution in [0.1, 0.15) is 18.9 Å². The maximum absolute atomic E-state index is 12.9. The van der Waals surface area contributed by atoms with Crippen molar-refractivity contribution in [3.05, 3.63) is 48.0 Å². The van der Waals surface area contributed by atoms with Crippen LogP contribution < -0.4 is 19.7 Å². The quantitative estimate of drug-likeness (QED) is 0.899. The number of methoxy groups -OCH3 is 1. The molecule has 0 spiro atoms. The van der Waals surface area contributed by atoms with Crippen LogP contribution >= 0.6 is 0 Å². The molecular formula is C20H19N3O4. The maximum Gasteiger partial charge on any atom is 0.265 e. The molecule has 7 nitrogen and oxygen atoms in total. The van der Waals surface area contributed by atoms with Crippen molar-refractivity contribution >= 4 is 23.2 Å². The number of benzene rings is 2. The molecule has 138 valence electrons. The maximum atomic E-state index is 12.9. The highest BCUT2D eigenvalue weighted by atomic mass is 16.5. The Kier molecular flexibility index (Phi) is 5.27. The molecule has 2 aromatic rings. The number of rotatable bonds is 4. The van der Waals surface area contributed by atoms with Crippen LogP contribution in [0.15, 0.2) is 42.5 Å². The van der Waals surface area contributed by atoms with E-state index in [0.29, 0.717) is 28.4 Å². The number of nitrogens with one attached hydrogen (secondary N) is 1. The number of nitrogens with zero attached hydrogens (tertiary/aromatic N) is 2. The molecule has 0 unspecified atom stereocenters. The minimum Gasteiger partial charge on any atom is -0.493 e. The van der Waals surface area contributed by atoms with Gasteiger partial charge in [-0.25, -0.2) is 0 Å². The Hall–Kier alpha value is -3.53. The summed E-state index contributed by atoms with van der Waals surface area (Å²) < 4.78 is 10.9. The molecule has 0 radical (unpaired) electrons. The zero-order chi connectivity index (χ0) is 19.4. The highest BCUT2D eigenvalue weighted by molar-refractivity contribution is 6.04. The highest BCUT2D eigenvalue weighted by Crippen LogP contribution is 2.32. The van der Waals surface area contributed by atoms with E-state index in [0.717, 1.165) is 0 Å². The Balaban J connectivity index is 1.82. The molecule has 1 aliphatic rings. The van der Waals surface area contributed by atoms with Gasteiger partial charge >= 0.3 is 0 Å². The van der Waals surface area contributed by atoms with Gasteiger partial charge in [-0.3, -0.25) is 9.59 Å². The van der Waals surface area contributed by atoms with Gasteiger partial charge in [0.25, 0.3) is 5.91 Å². The van der Waals surface area contributed by atoms with Crippen LogP contribution in [0.25, 0.3) is 0 Å². The molecule has 2 aromatic carbocycles. The Morgan fingerprint density at radius 3 is 2.81 bits per heavy atom. The molecule has 0 fully saturated rings. The van der Waals surface area contributed by atoms with Gasteiger partial charge in [-0.05, 0) is 31.2 Å². The number of fused-ring (bicyclic) bond motifs is 1. The van der Waals surface area contributed by atoms with Gasteiger partial charge in [0.05, 0.1) is 30.1 Å². The zero-order valence-electron chi connectivity index (χ0n) is 15.1. The number of para-hydroxylation sites is 2. The first-order valence-corrected chi connectivity index (χ1v) is 8.45. The molecule has 1 atom stereocenters. The fourth-order valence-electron chi connectivity index (χ4n) is 3.03. The molecule has 27 heavy (non-hydrogen) atoms. The molecule has 0 aliphatic carbocycles. The summed E-state index contributed by atoms with van der Waals surface area (Å²) in [7, 11) is 1.47. The second kappa shape index (κ2) is 7.79. The average Bonchev–Trinajstić information content (AvgIpc) is 2.80. The Morgan fingerprint density at radius 1 is 1.30 bits per heavy atom. The van der Waals surface area contributed by atoms with Crippen molar-refractivity contribution in [2.45, 2.75) is 19.4 Å². The number of hydrogen-bond acceptors (Lipinski definition) is 5. The Labute approximate surface area is 157 Å². The van der Waals surface area contributed by atoms with Crippen molar-refractivity contribution in [2.75, 3.05) is 23.9 Å².